The summed E-state index contributed by atoms with van der Waals surface area (Å²) in [5.41, 5.74) is 0.694. The van der Waals surface area contributed by atoms with Crippen LogP contribution in [-0.4, -0.2) is 27.9 Å². The fourth-order valence-electron chi connectivity index (χ4n) is 2.23. The van der Waals surface area contributed by atoms with Crippen LogP contribution in [0.2, 0.25) is 0 Å². The Bertz CT molecular complexity index is 989. The van der Waals surface area contributed by atoms with Crippen molar-refractivity contribution in [1.82, 2.24) is 9.38 Å². The first kappa shape index (κ1) is 15.2. The number of benzene rings is 1. The zero-order chi connectivity index (χ0) is 16.6. The number of hydrogen-bond donors (Lipinski definition) is 1. The van der Waals surface area contributed by atoms with Gasteiger partial charge in [-0.1, -0.05) is 11.3 Å². The van der Waals surface area contributed by atoms with E-state index in [-0.39, 0.29) is 18.1 Å². The predicted octanol–water partition coefficient (Wildman–Crippen LogP) is 2.04. The number of rotatable bonds is 3. The maximum atomic E-state index is 12.5. The van der Waals surface area contributed by atoms with Gasteiger partial charge in [-0.3, -0.25) is 14.0 Å². The van der Waals surface area contributed by atoms with Gasteiger partial charge in [0.15, 0.2) is 4.96 Å². The van der Waals surface area contributed by atoms with Gasteiger partial charge in [0.05, 0.1) is 23.0 Å². The first-order chi connectivity index (χ1) is 11.0. The number of carbonyl (C=O) groups excluding carboxylic acids is 2. The maximum absolute atomic E-state index is 12.5. The Balaban J connectivity index is 2.20. The highest BCUT2D eigenvalue weighted by Gasteiger charge is 2.17. The number of aromatic nitrogens is 2. The van der Waals surface area contributed by atoms with Gasteiger partial charge in [0.1, 0.15) is 5.56 Å². The Kier molecular flexibility index (Phi) is 3.83. The van der Waals surface area contributed by atoms with Gasteiger partial charge in [0.2, 0.25) is 5.91 Å². The van der Waals surface area contributed by atoms with E-state index >= 15 is 0 Å². The Morgan fingerprint density at radius 2 is 2.17 bits per heavy atom. The maximum Gasteiger partial charge on any atom is 0.345 e. The molecule has 0 atom stereocenters. The van der Waals surface area contributed by atoms with Crippen LogP contribution in [0.1, 0.15) is 24.2 Å². The van der Waals surface area contributed by atoms with E-state index in [1.165, 1.54) is 28.9 Å². The Morgan fingerprint density at radius 1 is 1.39 bits per heavy atom. The molecule has 118 valence electrons. The molecule has 8 heteroatoms. The van der Waals surface area contributed by atoms with Gasteiger partial charge < -0.3 is 10.1 Å². The third-order valence-corrected chi connectivity index (χ3v) is 4.16. The summed E-state index contributed by atoms with van der Waals surface area (Å²) in [5.74, 6) is -0.862. The van der Waals surface area contributed by atoms with Crippen molar-refractivity contribution >= 4 is 44.1 Å². The standard InChI is InChI=1S/C15H13N3O4S/c1-3-22-14(21)10-7-16-15-18(13(10)20)11-5-4-9(17-8(2)19)6-12(11)23-15/h4-7H,3H2,1-2H3,(H,17,19). The summed E-state index contributed by atoms with van der Waals surface area (Å²) in [6.45, 7) is 3.28. The van der Waals surface area contributed by atoms with Crippen LogP contribution in [0, 0.1) is 0 Å². The van der Waals surface area contributed by atoms with Crippen LogP contribution in [0.25, 0.3) is 15.2 Å². The summed E-state index contributed by atoms with van der Waals surface area (Å²) in [5, 5.41) is 2.69. The fourth-order valence-corrected chi connectivity index (χ4v) is 3.26. The van der Waals surface area contributed by atoms with Gasteiger partial charge in [-0.15, -0.1) is 0 Å². The molecule has 1 amide bonds. The van der Waals surface area contributed by atoms with Crippen LogP contribution in [0.15, 0.2) is 29.2 Å². The third kappa shape index (κ3) is 2.68. The minimum Gasteiger partial charge on any atom is -0.462 e. The number of nitrogens with zero attached hydrogens (tertiary/aromatic N) is 2. The normalized spacial score (nSPS) is 10.9. The number of ether oxygens (including phenoxy) is 1. The van der Waals surface area contributed by atoms with Gasteiger partial charge in [0, 0.05) is 12.6 Å². The van der Waals surface area contributed by atoms with E-state index in [1.54, 1.807) is 25.1 Å². The van der Waals surface area contributed by atoms with Crippen molar-refractivity contribution in [2.75, 3.05) is 11.9 Å². The zero-order valence-electron chi connectivity index (χ0n) is 12.5. The zero-order valence-corrected chi connectivity index (χ0v) is 13.3. The summed E-state index contributed by atoms with van der Waals surface area (Å²) in [7, 11) is 0. The van der Waals surface area contributed by atoms with Crippen molar-refractivity contribution < 1.29 is 14.3 Å². The number of thiazole rings is 1. The highest BCUT2D eigenvalue weighted by molar-refractivity contribution is 7.23. The van der Waals surface area contributed by atoms with E-state index in [1.807, 2.05) is 0 Å². The summed E-state index contributed by atoms with van der Waals surface area (Å²) in [4.78, 5) is 40.1. The molecule has 1 N–H and O–H groups in total. The Hall–Kier alpha value is -2.74. The summed E-state index contributed by atoms with van der Waals surface area (Å²) in [6, 6.07) is 5.17. The number of fused-ring (bicyclic) bond motifs is 3. The lowest BCUT2D eigenvalue weighted by Crippen LogP contribution is -2.23. The van der Waals surface area contributed by atoms with E-state index in [9.17, 15) is 14.4 Å². The monoisotopic (exact) mass is 331 g/mol. The summed E-state index contributed by atoms with van der Waals surface area (Å²) >= 11 is 1.30. The molecular weight excluding hydrogens is 318 g/mol. The molecule has 0 unspecified atom stereocenters. The SMILES string of the molecule is CCOC(=O)c1cnc2sc3cc(NC(C)=O)ccc3n2c1=O. The molecule has 0 saturated carbocycles. The van der Waals surface area contributed by atoms with Crippen molar-refractivity contribution in [3.8, 4) is 0 Å². The molecule has 3 rings (SSSR count). The predicted molar refractivity (Wildman–Crippen MR) is 87.1 cm³/mol. The van der Waals surface area contributed by atoms with E-state index < -0.39 is 11.5 Å². The van der Waals surface area contributed by atoms with Crippen LogP contribution >= 0.6 is 11.3 Å². The van der Waals surface area contributed by atoms with E-state index in [0.29, 0.717) is 16.2 Å². The lowest BCUT2D eigenvalue weighted by molar-refractivity contribution is -0.114. The summed E-state index contributed by atoms with van der Waals surface area (Å²) in [6.07, 6.45) is 1.24. The van der Waals surface area contributed by atoms with Gasteiger partial charge in [0.25, 0.3) is 5.56 Å². The minimum absolute atomic E-state index is 0.102. The van der Waals surface area contributed by atoms with Crippen LogP contribution in [0.4, 0.5) is 5.69 Å². The lowest BCUT2D eigenvalue weighted by atomic mass is 10.3. The van der Waals surface area contributed by atoms with E-state index in [4.69, 9.17) is 4.74 Å². The van der Waals surface area contributed by atoms with Crippen molar-refractivity contribution in [2.45, 2.75) is 13.8 Å². The second kappa shape index (κ2) is 5.81. The quantitative estimate of drug-likeness (QED) is 0.742. The molecule has 0 fully saturated rings. The molecule has 0 aliphatic rings. The first-order valence-corrected chi connectivity index (χ1v) is 7.72. The number of hydrogen-bond acceptors (Lipinski definition) is 6. The van der Waals surface area contributed by atoms with Crippen molar-refractivity contribution in [2.24, 2.45) is 0 Å². The Labute approximate surface area is 134 Å². The molecule has 2 heterocycles. The first-order valence-electron chi connectivity index (χ1n) is 6.90. The molecule has 0 saturated heterocycles. The van der Waals surface area contributed by atoms with Gasteiger partial charge in [-0.05, 0) is 25.1 Å². The topological polar surface area (TPSA) is 89.8 Å². The van der Waals surface area contributed by atoms with Gasteiger partial charge >= 0.3 is 5.97 Å². The van der Waals surface area contributed by atoms with E-state index in [2.05, 4.69) is 10.3 Å². The van der Waals surface area contributed by atoms with Crippen LogP contribution in [0.3, 0.4) is 0 Å². The molecule has 7 nitrogen and oxygen atoms in total. The molecule has 23 heavy (non-hydrogen) atoms. The molecule has 0 aliphatic carbocycles. The largest absolute Gasteiger partial charge is 0.462 e. The molecule has 0 bridgehead atoms. The van der Waals surface area contributed by atoms with E-state index in [0.717, 1.165) is 4.70 Å². The van der Waals surface area contributed by atoms with Crippen molar-refractivity contribution in [3.63, 3.8) is 0 Å². The molecule has 1 aromatic carbocycles. The highest BCUT2D eigenvalue weighted by Crippen LogP contribution is 2.26. The van der Waals surface area contributed by atoms with Gasteiger partial charge in [-0.2, -0.15) is 0 Å². The number of carbonyl (C=O) groups is 2. The molecule has 3 aromatic rings. The highest BCUT2D eigenvalue weighted by atomic mass is 32.1. The molecule has 0 radical (unpaired) electrons. The van der Waals surface area contributed by atoms with Gasteiger partial charge in [-0.25, -0.2) is 9.78 Å². The number of esters is 1. The molecular formula is C15H13N3O4S. The number of anilines is 1. The Morgan fingerprint density at radius 3 is 2.87 bits per heavy atom. The van der Waals surface area contributed by atoms with Crippen LogP contribution in [0.5, 0.6) is 0 Å². The fraction of sp³-hybridized carbons (Fsp3) is 0.200. The van der Waals surface area contributed by atoms with Crippen LogP contribution in [-0.2, 0) is 9.53 Å². The van der Waals surface area contributed by atoms with Crippen molar-refractivity contribution in [3.05, 3.63) is 40.3 Å². The number of amides is 1. The average Bonchev–Trinajstić information content (AvgIpc) is 2.85. The second-order valence-corrected chi connectivity index (χ2v) is 5.79. The smallest absolute Gasteiger partial charge is 0.345 e. The van der Waals surface area contributed by atoms with Crippen LogP contribution < -0.4 is 10.9 Å². The summed E-state index contributed by atoms with van der Waals surface area (Å²) < 4.78 is 7.03. The molecule has 2 aromatic heterocycles. The third-order valence-electron chi connectivity index (χ3n) is 3.15. The minimum atomic E-state index is -0.686. The molecule has 0 spiro atoms. The molecule has 0 aliphatic heterocycles. The second-order valence-electron chi connectivity index (χ2n) is 4.78. The lowest BCUT2D eigenvalue weighted by Gasteiger charge is -2.02. The average molecular weight is 331 g/mol. The van der Waals surface area contributed by atoms with Crippen molar-refractivity contribution in [1.29, 1.82) is 0 Å². The number of nitrogens with one attached hydrogen (secondary N) is 1.